The van der Waals surface area contributed by atoms with Crippen molar-refractivity contribution in [2.75, 3.05) is 19.7 Å². The van der Waals surface area contributed by atoms with Crippen molar-refractivity contribution in [1.82, 2.24) is 4.90 Å². The average molecular weight is 353 g/mol. The molecule has 0 unspecified atom stereocenters. The molecule has 0 aliphatic heterocycles. The highest BCUT2D eigenvalue weighted by Gasteiger charge is 2.29. The molecule has 136 valence electrons. The normalized spacial score (nSPS) is 12.3. The fraction of sp³-hybridized carbons (Fsp3) is 0.333. The van der Waals surface area contributed by atoms with Crippen molar-refractivity contribution >= 4 is 12.1 Å². The van der Waals surface area contributed by atoms with Gasteiger partial charge in [-0.1, -0.05) is 55.5 Å². The number of carboxylic acids is 1. The summed E-state index contributed by atoms with van der Waals surface area (Å²) in [4.78, 5) is 24.7. The van der Waals surface area contributed by atoms with E-state index in [1.165, 1.54) is 16.0 Å². The maximum atomic E-state index is 12.4. The van der Waals surface area contributed by atoms with Crippen LogP contribution in [0.5, 0.6) is 0 Å². The summed E-state index contributed by atoms with van der Waals surface area (Å²) in [5.74, 6) is -0.910. The minimum absolute atomic E-state index is 0.00861. The Balaban J connectivity index is 1.72. The van der Waals surface area contributed by atoms with Crippen molar-refractivity contribution in [3.8, 4) is 11.1 Å². The van der Waals surface area contributed by atoms with Crippen LogP contribution in [0.15, 0.2) is 48.5 Å². The fourth-order valence-corrected chi connectivity index (χ4v) is 3.48. The molecule has 0 bridgehead atoms. The van der Waals surface area contributed by atoms with Crippen molar-refractivity contribution in [3.05, 3.63) is 59.7 Å². The van der Waals surface area contributed by atoms with Crippen LogP contribution >= 0.6 is 0 Å². The molecule has 2 aromatic rings. The van der Waals surface area contributed by atoms with Crippen molar-refractivity contribution in [2.24, 2.45) is 0 Å². The van der Waals surface area contributed by atoms with E-state index >= 15 is 0 Å². The zero-order valence-electron chi connectivity index (χ0n) is 14.9. The highest BCUT2D eigenvalue weighted by atomic mass is 16.6. The largest absolute Gasteiger partial charge is 0.481 e. The van der Waals surface area contributed by atoms with Crippen molar-refractivity contribution in [3.63, 3.8) is 0 Å². The number of hydrogen-bond donors (Lipinski definition) is 1. The Bertz CT molecular complexity index is 757. The van der Waals surface area contributed by atoms with Crippen molar-refractivity contribution in [2.45, 2.75) is 25.7 Å². The molecule has 1 aliphatic carbocycles. The summed E-state index contributed by atoms with van der Waals surface area (Å²) in [7, 11) is 0. The summed E-state index contributed by atoms with van der Waals surface area (Å²) >= 11 is 0. The minimum Gasteiger partial charge on any atom is -0.481 e. The Labute approximate surface area is 153 Å². The lowest BCUT2D eigenvalue weighted by molar-refractivity contribution is -0.137. The lowest BCUT2D eigenvalue weighted by Gasteiger charge is -2.22. The molecule has 0 heterocycles. The number of aliphatic carboxylic acids is 1. The van der Waals surface area contributed by atoms with Crippen LogP contribution in [0, 0.1) is 0 Å². The van der Waals surface area contributed by atoms with Gasteiger partial charge in [-0.05, 0) is 28.7 Å². The number of benzene rings is 2. The predicted octanol–water partition coefficient (Wildman–Crippen LogP) is 4.12. The summed E-state index contributed by atoms with van der Waals surface area (Å²) in [6.07, 6.45) is 0.226. The average Bonchev–Trinajstić information content (AvgIpc) is 2.97. The van der Waals surface area contributed by atoms with E-state index in [0.29, 0.717) is 6.54 Å². The minimum atomic E-state index is -0.919. The van der Waals surface area contributed by atoms with Gasteiger partial charge >= 0.3 is 12.1 Å². The topological polar surface area (TPSA) is 66.8 Å². The van der Waals surface area contributed by atoms with Gasteiger partial charge in [-0.15, -0.1) is 0 Å². The molecule has 1 N–H and O–H groups in total. The summed E-state index contributed by atoms with van der Waals surface area (Å²) < 4.78 is 5.58. The highest BCUT2D eigenvalue weighted by molar-refractivity contribution is 5.79. The lowest BCUT2D eigenvalue weighted by Crippen LogP contribution is -2.35. The van der Waals surface area contributed by atoms with Crippen LogP contribution in [0.2, 0.25) is 0 Å². The number of hydrogen-bond acceptors (Lipinski definition) is 3. The van der Waals surface area contributed by atoms with Crippen LogP contribution < -0.4 is 0 Å². The molecule has 5 nitrogen and oxygen atoms in total. The predicted molar refractivity (Wildman–Crippen MR) is 99.2 cm³/mol. The van der Waals surface area contributed by atoms with E-state index in [9.17, 15) is 9.59 Å². The first-order valence-electron chi connectivity index (χ1n) is 8.93. The van der Waals surface area contributed by atoms with E-state index in [1.54, 1.807) is 0 Å². The van der Waals surface area contributed by atoms with Crippen LogP contribution in [-0.4, -0.2) is 41.8 Å². The van der Waals surface area contributed by atoms with Gasteiger partial charge in [0.05, 0.1) is 6.42 Å². The van der Waals surface area contributed by atoms with E-state index in [2.05, 4.69) is 24.3 Å². The van der Waals surface area contributed by atoms with E-state index in [1.807, 2.05) is 31.2 Å². The van der Waals surface area contributed by atoms with E-state index in [4.69, 9.17) is 9.84 Å². The number of carbonyl (C=O) groups excluding carboxylic acids is 1. The SMILES string of the molecule is CCCN(CCC(=O)O)C(=O)OCC1c2ccccc2-c2ccccc21. The Morgan fingerprint density at radius 3 is 2.12 bits per heavy atom. The van der Waals surface area contributed by atoms with Gasteiger partial charge in [0.15, 0.2) is 0 Å². The second kappa shape index (κ2) is 8.04. The Hall–Kier alpha value is -2.82. The van der Waals surface area contributed by atoms with Gasteiger partial charge in [0.1, 0.15) is 6.61 Å². The number of carbonyl (C=O) groups is 2. The first-order valence-corrected chi connectivity index (χ1v) is 8.93. The van der Waals surface area contributed by atoms with Gasteiger partial charge < -0.3 is 14.7 Å². The first-order chi connectivity index (χ1) is 12.6. The van der Waals surface area contributed by atoms with Crippen LogP contribution in [0.3, 0.4) is 0 Å². The molecule has 0 radical (unpaired) electrons. The molecule has 5 heteroatoms. The van der Waals surface area contributed by atoms with E-state index in [-0.39, 0.29) is 25.5 Å². The standard InChI is InChI=1S/C21H23NO4/c1-2-12-22(13-11-20(23)24)21(25)26-14-19-17-9-5-3-7-15(17)16-8-4-6-10-18(16)19/h3-10,19H,2,11-14H2,1H3,(H,23,24). The lowest BCUT2D eigenvalue weighted by atomic mass is 9.98. The molecule has 1 amide bonds. The quantitative estimate of drug-likeness (QED) is 0.813. The summed E-state index contributed by atoms with van der Waals surface area (Å²) in [5.41, 5.74) is 4.68. The van der Waals surface area contributed by atoms with Gasteiger partial charge in [0, 0.05) is 19.0 Å². The Morgan fingerprint density at radius 1 is 1.00 bits per heavy atom. The Kier molecular flexibility index (Phi) is 5.56. The Morgan fingerprint density at radius 2 is 1.58 bits per heavy atom. The van der Waals surface area contributed by atoms with E-state index < -0.39 is 12.1 Å². The molecule has 0 atom stereocenters. The van der Waals surface area contributed by atoms with Gasteiger partial charge in [-0.3, -0.25) is 4.79 Å². The molecule has 0 aromatic heterocycles. The van der Waals surface area contributed by atoms with Gasteiger partial charge in [0.25, 0.3) is 0 Å². The third kappa shape index (κ3) is 3.72. The molecule has 26 heavy (non-hydrogen) atoms. The van der Waals surface area contributed by atoms with Crippen molar-refractivity contribution in [1.29, 1.82) is 0 Å². The monoisotopic (exact) mass is 353 g/mol. The second-order valence-corrected chi connectivity index (χ2v) is 6.43. The zero-order valence-corrected chi connectivity index (χ0v) is 14.9. The molecule has 0 spiro atoms. The summed E-state index contributed by atoms with van der Waals surface area (Å²) in [5, 5.41) is 8.85. The molecule has 1 aliphatic rings. The fourth-order valence-electron chi connectivity index (χ4n) is 3.48. The number of amides is 1. The molecule has 0 saturated heterocycles. The molecular formula is C21H23NO4. The van der Waals surface area contributed by atoms with Crippen molar-refractivity contribution < 1.29 is 19.4 Å². The smallest absolute Gasteiger partial charge is 0.409 e. The second-order valence-electron chi connectivity index (χ2n) is 6.43. The summed E-state index contributed by atoms with van der Waals surface area (Å²) in [6, 6.07) is 16.3. The number of ether oxygens (including phenoxy) is 1. The maximum Gasteiger partial charge on any atom is 0.409 e. The van der Waals surface area contributed by atoms with Crippen LogP contribution in [0.1, 0.15) is 36.8 Å². The molecule has 3 rings (SSSR count). The first kappa shape index (κ1) is 18.0. The van der Waals surface area contributed by atoms with Crippen LogP contribution in [-0.2, 0) is 9.53 Å². The summed E-state index contributed by atoms with van der Waals surface area (Å²) in [6.45, 7) is 2.86. The third-order valence-corrected chi connectivity index (χ3v) is 4.68. The molecule has 0 saturated carbocycles. The van der Waals surface area contributed by atoms with Gasteiger partial charge in [-0.25, -0.2) is 4.79 Å². The van der Waals surface area contributed by atoms with Gasteiger partial charge in [0.2, 0.25) is 0 Å². The maximum absolute atomic E-state index is 12.4. The number of fused-ring (bicyclic) bond motifs is 3. The molecule has 2 aromatic carbocycles. The third-order valence-electron chi connectivity index (χ3n) is 4.68. The zero-order chi connectivity index (χ0) is 18.5. The van der Waals surface area contributed by atoms with Crippen LogP contribution in [0.4, 0.5) is 4.79 Å². The molecular weight excluding hydrogens is 330 g/mol. The molecule has 0 fully saturated rings. The van der Waals surface area contributed by atoms with Crippen LogP contribution in [0.25, 0.3) is 11.1 Å². The van der Waals surface area contributed by atoms with E-state index in [0.717, 1.165) is 17.5 Å². The number of nitrogens with zero attached hydrogens (tertiary/aromatic N) is 1. The number of rotatable bonds is 7. The highest BCUT2D eigenvalue weighted by Crippen LogP contribution is 2.44. The number of carboxylic acid groups (broad SMARTS) is 1. The van der Waals surface area contributed by atoms with Gasteiger partial charge in [-0.2, -0.15) is 0 Å².